The van der Waals surface area contributed by atoms with Crippen LogP contribution in [0, 0.1) is 0 Å². The van der Waals surface area contributed by atoms with Gasteiger partial charge in [-0.2, -0.15) is 0 Å². The van der Waals surface area contributed by atoms with Crippen LogP contribution < -0.4 is 10.4 Å². The summed E-state index contributed by atoms with van der Waals surface area (Å²) in [6.07, 6.45) is 7.94. The molecule has 0 saturated carbocycles. The number of aromatic nitrogens is 4. The lowest BCUT2D eigenvalue weighted by molar-refractivity contribution is -0.754. The zero-order chi connectivity index (χ0) is 14.4. The lowest BCUT2D eigenvalue weighted by atomic mass is 10.2. The van der Waals surface area contributed by atoms with Crippen molar-refractivity contribution in [2.24, 2.45) is 5.73 Å². The molecule has 0 unspecified atom stereocenters. The molecule has 0 aliphatic carbocycles. The minimum Gasteiger partial charge on any atom is -0.480 e. The number of carboxylic acid groups (broad SMARTS) is 1. The number of nitrogens with two attached hydrogens (primary N) is 1. The zero-order valence-corrected chi connectivity index (χ0v) is 10.9. The van der Waals surface area contributed by atoms with E-state index in [1.807, 2.05) is 12.3 Å². The van der Waals surface area contributed by atoms with Crippen molar-refractivity contribution < 1.29 is 14.6 Å². The first-order valence-corrected chi connectivity index (χ1v) is 6.28. The third-order valence-corrected chi connectivity index (χ3v) is 2.81. The van der Waals surface area contributed by atoms with Gasteiger partial charge in [-0.15, -0.1) is 0 Å². The molecule has 2 rings (SSSR count). The predicted molar refractivity (Wildman–Crippen MR) is 70.3 cm³/mol. The number of hydrogen-bond acceptors (Lipinski definition) is 5. The van der Waals surface area contributed by atoms with E-state index in [0.717, 1.165) is 5.56 Å². The number of aliphatic carboxylic acids is 1. The van der Waals surface area contributed by atoms with Crippen LogP contribution in [-0.2, 0) is 11.3 Å². The molecule has 7 heteroatoms. The Balaban J connectivity index is 1.91. The van der Waals surface area contributed by atoms with E-state index in [4.69, 9.17) is 10.8 Å². The number of hydrogen-bond donors (Lipinski definition) is 2. The van der Waals surface area contributed by atoms with E-state index in [0.29, 0.717) is 25.2 Å². The van der Waals surface area contributed by atoms with Crippen LogP contribution in [0.3, 0.4) is 0 Å². The lowest BCUT2D eigenvalue weighted by Gasteiger charge is -2.03. The maximum absolute atomic E-state index is 10.6. The van der Waals surface area contributed by atoms with Crippen molar-refractivity contribution in [2.45, 2.75) is 25.4 Å². The fourth-order valence-electron chi connectivity index (χ4n) is 1.69. The Morgan fingerprint density at radius 1 is 1.40 bits per heavy atom. The Hall–Kier alpha value is -2.41. The average molecular weight is 274 g/mol. The number of nitrogens with zero attached hydrogens (tertiary/aromatic N) is 4. The van der Waals surface area contributed by atoms with Crippen LogP contribution in [0.15, 0.2) is 36.9 Å². The molecule has 0 saturated heterocycles. The Morgan fingerprint density at radius 2 is 2.15 bits per heavy atom. The van der Waals surface area contributed by atoms with E-state index in [2.05, 4.69) is 15.1 Å². The molecular weight excluding hydrogens is 258 g/mol. The van der Waals surface area contributed by atoms with Crippen LogP contribution >= 0.6 is 0 Å². The van der Waals surface area contributed by atoms with Gasteiger partial charge in [0, 0.05) is 30.4 Å². The van der Waals surface area contributed by atoms with Gasteiger partial charge in [0.1, 0.15) is 12.2 Å². The van der Waals surface area contributed by atoms with Crippen molar-refractivity contribution in [2.75, 3.05) is 0 Å². The summed E-state index contributed by atoms with van der Waals surface area (Å²) in [5.41, 5.74) is 6.27. The maximum atomic E-state index is 10.6. The minimum atomic E-state index is -0.973. The molecule has 0 spiro atoms. The van der Waals surface area contributed by atoms with Gasteiger partial charge < -0.3 is 10.8 Å². The van der Waals surface area contributed by atoms with Gasteiger partial charge >= 0.3 is 5.97 Å². The van der Waals surface area contributed by atoms with Gasteiger partial charge in [0.05, 0.1) is 0 Å². The topological polar surface area (TPSA) is 106 Å². The summed E-state index contributed by atoms with van der Waals surface area (Å²) >= 11 is 0. The van der Waals surface area contributed by atoms with Crippen LogP contribution in [-0.4, -0.2) is 32.2 Å². The van der Waals surface area contributed by atoms with E-state index >= 15 is 0 Å². The lowest BCUT2D eigenvalue weighted by Crippen LogP contribution is -2.38. The van der Waals surface area contributed by atoms with E-state index in [-0.39, 0.29) is 0 Å². The Morgan fingerprint density at radius 3 is 2.75 bits per heavy atom. The first-order valence-electron chi connectivity index (χ1n) is 6.28. The smallest absolute Gasteiger partial charge is 0.320 e. The molecule has 2 aromatic rings. The molecule has 0 aliphatic rings. The van der Waals surface area contributed by atoms with Gasteiger partial charge in [-0.3, -0.25) is 4.79 Å². The van der Waals surface area contributed by atoms with Gasteiger partial charge in [0.25, 0.3) is 0 Å². The third kappa shape index (κ3) is 3.79. The van der Waals surface area contributed by atoms with Gasteiger partial charge in [-0.1, -0.05) is 4.68 Å². The van der Waals surface area contributed by atoms with Crippen molar-refractivity contribution in [1.29, 1.82) is 0 Å². The van der Waals surface area contributed by atoms with E-state index < -0.39 is 12.0 Å². The largest absolute Gasteiger partial charge is 0.480 e. The van der Waals surface area contributed by atoms with Crippen molar-refractivity contribution >= 4 is 5.97 Å². The maximum Gasteiger partial charge on any atom is 0.320 e. The predicted octanol–water partition coefficient (Wildman–Crippen LogP) is 0.0182. The van der Waals surface area contributed by atoms with Gasteiger partial charge in [-0.05, 0) is 17.6 Å². The number of aryl methyl sites for hydroxylation is 1. The fourth-order valence-corrected chi connectivity index (χ4v) is 1.69. The third-order valence-electron chi connectivity index (χ3n) is 2.81. The molecule has 2 heterocycles. The molecule has 2 aromatic heterocycles. The van der Waals surface area contributed by atoms with Crippen molar-refractivity contribution in [3.05, 3.63) is 36.9 Å². The number of carboxylic acids is 1. The van der Waals surface area contributed by atoms with E-state index in [9.17, 15) is 4.79 Å². The monoisotopic (exact) mass is 274 g/mol. The quantitative estimate of drug-likeness (QED) is 0.719. The summed E-state index contributed by atoms with van der Waals surface area (Å²) < 4.78 is 1.74. The van der Waals surface area contributed by atoms with Crippen molar-refractivity contribution in [3.63, 3.8) is 0 Å². The van der Waals surface area contributed by atoms with Gasteiger partial charge in [-0.25, -0.2) is 9.97 Å². The van der Waals surface area contributed by atoms with E-state index in [1.165, 1.54) is 0 Å². The summed E-state index contributed by atoms with van der Waals surface area (Å²) in [6.45, 7) is 0.622. The highest BCUT2D eigenvalue weighted by Crippen LogP contribution is 2.09. The zero-order valence-electron chi connectivity index (χ0n) is 10.9. The van der Waals surface area contributed by atoms with Crippen molar-refractivity contribution in [3.8, 4) is 11.4 Å². The summed E-state index contributed by atoms with van der Waals surface area (Å²) in [4.78, 5) is 18.9. The van der Waals surface area contributed by atoms with Gasteiger partial charge in [0.2, 0.25) is 0 Å². The molecule has 0 aromatic carbocycles. The normalized spacial score (nSPS) is 12.1. The molecule has 0 aliphatic heterocycles. The SMILES string of the molecule is N[C@@H](CCC[n+]1ccc(-c2ncccn2)cn1)C(=O)O. The molecule has 1 atom stereocenters. The highest BCUT2D eigenvalue weighted by Gasteiger charge is 2.12. The van der Waals surface area contributed by atoms with Crippen LogP contribution in [0.25, 0.3) is 11.4 Å². The first kappa shape index (κ1) is 14.0. The molecule has 0 radical (unpaired) electrons. The Bertz CT molecular complexity index is 559. The highest BCUT2D eigenvalue weighted by atomic mass is 16.4. The summed E-state index contributed by atoms with van der Waals surface area (Å²) in [5.74, 6) is -0.348. The van der Waals surface area contributed by atoms with Crippen LogP contribution in [0.1, 0.15) is 12.8 Å². The van der Waals surface area contributed by atoms with Crippen LogP contribution in [0.2, 0.25) is 0 Å². The molecule has 3 N–H and O–H groups in total. The van der Waals surface area contributed by atoms with Gasteiger partial charge in [0.15, 0.2) is 18.6 Å². The molecule has 0 bridgehead atoms. The highest BCUT2D eigenvalue weighted by molar-refractivity contribution is 5.72. The minimum absolute atomic E-state index is 0.424. The fraction of sp³-hybridized carbons (Fsp3) is 0.308. The second-order valence-corrected chi connectivity index (χ2v) is 4.34. The Kier molecular flexibility index (Phi) is 4.67. The first-order chi connectivity index (χ1) is 9.66. The summed E-state index contributed by atoms with van der Waals surface area (Å²) in [5, 5.41) is 12.9. The molecule has 0 amide bonds. The van der Waals surface area contributed by atoms with Crippen LogP contribution in [0.4, 0.5) is 0 Å². The molecule has 20 heavy (non-hydrogen) atoms. The Labute approximate surface area is 116 Å². The van der Waals surface area contributed by atoms with Crippen LogP contribution in [0.5, 0.6) is 0 Å². The number of carbonyl (C=O) groups is 1. The molecule has 104 valence electrons. The standard InChI is InChI=1S/C13H15N5O2/c14-11(13(19)20)3-1-7-18-8-4-10(9-17-18)12-15-5-2-6-16-12/h2,4-6,8-9,11H,1,3,7,14H2/p+1/t11-/m0/s1. The van der Waals surface area contributed by atoms with Crippen molar-refractivity contribution in [1.82, 2.24) is 15.1 Å². The summed E-state index contributed by atoms with van der Waals surface area (Å²) in [6, 6.07) is 2.82. The summed E-state index contributed by atoms with van der Waals surface area (Å²) in [7, 11) is 0. The second-order valence-electron chi connectivity index (χ2n) is 4.34. The second kappa shape index (κ2) is 6.67. The number of rotatable bonds is 6. The molecular formula is C13H16N5O2+. The van der Waals surface area contributed by atoms with E-state index in [1.54, 1.807) is 29.3 Å². The molecule has 0 fully saturated rings. The average Bonchev–Trinajstić information content (AvgIpc) is 2.48. The molecule has 7 nitrogen and oxygen atoms in total.